The maximum Gasteiger partial charge on any atom is 0.239 e. The van der Waals surface area contributed by atoms with E-state index in [0.29, 0.717) is 6.42 Å². The number of halogens is 2. The highest BCUT2D eigenvalue weighted by Crippen LogP contribution is 2.16. The summed E-state index contributed by atoms with van der Waals surface area (Å²) in [6, 6.07) is 3.70. The van der Waals surface area contributed by atoms with E-state index in [1.54, 1.807) is 20.2 Å². The summed E-state index contributed by atoms with van der Waals surface area (Å²) >= 11 is 5.63. The third-order valence-corrected chi connectivity index (χ3v) is 2.49. The van der Waals surface area contributed by atoms with Crippen LogP contribution in [0.4, 0.5) is 4.39 Å². The Morgan fingerprint density at radius 1 is 1.56 bits per heavy atom. The summed E-state index contributed by atoms with van der Waals surface area (Å²) in [6.45, 7) is 0. The van der Waals surface area contributed by atoms with Crippen molar-refractivity contribution in [1.82, 2.24) is 4.90 Å². The van der Waals surface area contributed by atoms with Crippen LogP contribution >= 0.6 is 11.6 Å². The number of nitrogens with two attached hydrogens (primary N) is 1. The van der Waals surface area contributed by atoms with Gasteiger partial charge >= 0.3 is 0 Å². The number of hydrogen-bond acceptors (Lipinski definition) is 2. The average molecular weight is 245 g/mol. The molecule has 1 amide bonds. The van der Waals surface area contributed by atoms with Crippen LogP contribution in [0.25, 0.3) is 0 Å². The summed E-state index contributed by atoms with van der Waals surface area (Å²) in [5, 5.41) is 0.0435. The highest BCUT2D eigenvalue weighted by molar-refractivity contribution is 6.30. The topological polar surface area (TPSA) is 46.3 Å². The molecule has 2 N–H and O–H groups in total. The van der Waals surface area contributed by atoms with E-state index in [0.717, 1.165) is 5.56 Å². The second-order valence-electron chi connectivity index (χ2n) is 3.79. The lowest BCUT2D eigenvalue weighted by molar-refractivity contribution is -0.130. The third-order valence-electron chi connectivity index (χ3n) is 2.20. The molecular formula is C11H14ClFN2O. The van der Waals surface area contributed by atoms with Crippen molar-refractivity contribution in [2.75, 3.05) is 14.1 Å². The van der Waals surface area contributed by atoms with E-state index >= 15 is 0 Å². The summed E-state index contributed by atoms with van der Waals surface area (Å²) < 4.78 is 12.9. The molecule has 16 heavy (non-hydrogen) atoms. The van der Waals surface area contributed by atoms with Crippen molar-refractivity contribution in [2.45, 2.75) is 12.5 Å². The standard InChI is InChI=1S/C11H14ClFN2O/c1-15(2)11(16)10(14)6-7-3-4-9(13)8(12)5-7/h3-5,10H,6,14H2,1-2H3. The SMILES string of the molecule is CN(C)C(=O)C(N)Cc1ccc(F)c(Cl)c1. The van der Waals surface area contributed by atoms with Crippen LogP contribution in [0.2, 0.25) is 5.02 Å². The fraction of sp³-hybridized carbons (Fsp3) is 0.364. The number of likely N-dealkylation sites (N-methyl/N-ethyl adjacent to an activating group) is 1. The van der Waals surface area contributed by atoms with Crippen LogP contribution in [0.15, 0.2) is 18.2 Å². The van der Waals surface area contributed by atoms with Crippen LogP contribution in [0.5, 0.6) is 0 Å². The van der Waals surface area contributed by atoms with Gasteiger partial charge in [-0.25, -0.2) is 4.39 Å². The van der Waals surface area contributed by atoms with E-state index in [1.807, 2.05) is 0 Å². The van der Waals surface area contributed by atoms with Gasteiger partial charge in [0.1, 0.15) is 5.82 Å². The molecule has 0 saturated carbocycles. The molecule has 1 aromatic carbocycles. The van der Waals surface area contributed by atoms with Crippen molar-refractivity contribution in [3.8, 4) is 0 Å². The van der Waals surface area contributed by atoms with Gasteiger partial charge in [0.25, 0.3) is 0 Å². The number of nitrogens with zero attached hydrogens (tertiary/aromatic N) is 1. The molecule has 1 aromatic rings. The summed E-state index contributed by atoms with van der Waals surface area (Å²) in [4.78, 5) is 12.9. The Balaban J connectivity index is 2.73. The Hall–Kier alpha value is -1.13. The van der Waals surface area contributed by atoms with Gasteiger partial charge in [-0.05, 0) is 24.1 Å². The van der Waals surface area contributed by atoms with E-state index in [2.05, 4.69) is 0 Å². The van der Waals surface area contributed by atoms with Crippen molar-refractivity contribution in [3.05, 3.63) is 34.6 Å². The van der Waals surface area contributed by atoms with Gasteiger partial charge in [0, 0.05) is 14.1 Å². The number of benzene rings is 1. The molecule has 0 aromatic heterocycles. The monoisotopic (exact) mass is 244 g/mol. The Kier molecular flexibility index (Phi) is 4.26. The minimum atomic E-state index is -0.628. The lowest BCUT2D eigenvalue weighted by Gasteiger charge is -2.16. The van der Waals surface area contributed by atoms with Crippen LogP contribution in [-0.4, -0.2) is 30.9 Å². The van der Waals surface area contributed by atoms with Crippen LogP contribution in [0.1, 0.15) is 5.56 Å². The van der Waals surface area contributed by atoms with Gasteiger partial charge in [0.15, 0.2) is 0 Å². The number of rotatable bonds is 3. The Bertz CT molecular complexity index is 396. The second-order valence-corrected chi connectivity index (χ2v) is 4.20. The van der Waals surface area contributed by atoms with Gasteiger partial charge in [-0.15, -0.1) is 0 Å². The number of hydrogen-bond donors (Lipinski definition) is 1. The molecule has 0 spiro atoms. The first-order valence-electron chi connectivity index (χ1n) is 4.82. The first kappa shape index (κ1) is 12.9. The molecule has 0 fully saturated rings. The van der Waals surface area contributed by atoms with E-state index < -0.39 is 11.9 Å². The molecule has 88 valence electrons. The Labute approximate surface area is 99.0 Å². The molecule has 5 heteroatoms. The molecule has 0 saturated heterocycles. The van der Waals surface area contributed by atoms with E-state index in [4.69, 9.17) is 17.3 Å². The maximum atomic E-state index is 12.9. The Morgan fingerprint density at radius 3 is 2.69 bits per heavy atom. The van der Waals surface area contributed by atoms with Gasteiger partial charge in [-0.1, -0.05) is 17.7 Å². The number of carbonyl (C=O) groups excluding carboxylic acids is 1. The van der Waals surface area contributed by atoms with Crippen molar-refractivity contribution in [2.24, 2.45) is 5.73 Å². The lowest BCUT2D eigenvalue weighted by atomic mass is 10.1. The fourth-order valence-electron chi connectivity index (χ4n) is 1.34. The minimum absolute atomic E-state index is 0.0435. The van der Waals surface area contributed by atoms with Crippen molar-refractivity contribution in [3.63, 3.8) is 0 Å². The Morgan fingerprint density at radius 2 is 2.19 bits per heavy atom. The van der Waals surface area contributed by atoms with Crippen molar-refractivity contribution < 1.29 is 9.18 Å². The molecule has 3 nitrogen and oxygen atoms in total. The van der Waals surface area contributed by atoms with Crippen molar-refractivity contribution >= 4 is 17.5 Å². The van der Waals surface area contributed by atoms with Crippen molar-refractivity contribution in [1.29, 1.82) is 0 Å². The van der Waals surface area contributed by atoms with Gasteiger partial charge in [0.2, 0.25) is 5.91 Å². The highest BCUT2D eigenvalue weighted by atomic mass is 35.5. The van der Waals surface area contributed by atoms with Crippen LogP contribution < -0.4 is 5.73 Å². The molecule has 0 heterocycles. The second kappa shape index (κ2) is 5.27. The quantitative estimate of drug-likeness (QED) is 0.875. The molecule has 1 atom stereocenters. The first-order chi connectivity index (χ1) is 7.41. The molecule has 0 aliphatic heterocycles. The molecule has 1 unspecified atom stereocenters. The molecule has 0 aliphatic rings. The molecule has 1 rings (SSSR count). The van der Waals surface area contributed by atoms with Gasteiger partial charge < -0.3 is 10.6 Å². The zero-order valence-corrected chi connectivity index (χ0v) is 9.96. The normalized spacial score (nSPS) is 12.3. The predicted molar refractivity (Wildman–Crippen MR) is 61.8 cm³/mol. The van der Waals surface area contributed by atoms with Crippen LogP contribution in [-0.2, 0) is 11.2 Å². The molecule has 0 aliphatic carbocycles. The predicted octanol–water partition coefficient (Wildman–Crippen LogP) is 1.44. The molecule has 0 radical (unpaired) electrons. The fourth-order valence-corrected chi connectivity index (χ4v) is 1.54. The largest absolute Gasteiger partial charge is 0.347 e. The van der Waals surface area contributed by atoms with E-state index in [9.17, 15) is 9.18 Å². The first-order valence-corrected chi connectivity index (χ1v) is 5.20. The smallest absolute Gasteiger partial charge is 0.239 e. The summed E-state index contributed by atoms with van der Waals surface area (Å²) in [5.41, 5.74) is 6.45. The number of carbonyl (C=O) groups is 1. The molecule has 0 bridgehead atoms. The van der Waals surface area contributed by atoms with E-state index in [1.165, 1.54) is 17.0 Å². The van der Waals surface area contributed by atoms with Gasteiger partial charge in [0.05, 0.1) is 11.1 Å². The summed E-state index contributed by atoms with van der Waals surface area (Å²) in [5.74, 6) is -0.640. The zero-order chi connectivity index (χ0) is 12.3. The summed E-state index contributed by atoms with van der Waals surface area (Å²) in [7, 11) is 3.28. The van der Waals surface area contributed by atoms with Gasteiger partial charge in [-0.2, -0.15) is 0 Å². The molecular weight excluding hydrogens is 231 g/mol. The lowest BCUT2D eigenvalue weighted by Crippen LogP contribution is -2.41. The maximum absolute atomic E-state index is 12.9. The average Bonchev–Trinajstić information content (AvgIpc) is 2.22. The third kappa shape index (κ3) is 3.18. The minimum Gasteiger partial charge on any atom is -0.347 e. The highest BCUT2D eigenvalue weighted by Gasteiger charge is 2.16. The van der Waals surface area contributed by atoms with Crippen LogP contribution in [0.3, 0.4) is 0 Å². The zero-order valence-electron chi connectivity index (χ0n) is 9.21. The summed E-state index contributed by atoms with van der Waals surface area (Å²) in [6.07, 6.45) is 0.344. The van der Waals surface area contributed by atoms with Gasteiger partial charge in [-0.3, -0.25) is 4.79 Å². The number of amides is 1. The van der Waals surface area contributed by atoms with E-state index in [-0.39, 0.29) is 10.9 Å². The van der Waals surface area contributed by atoms with Crippen LogP contribution in [0, 0.1) is 5.82 Å².